The zero-order valence-corrected chi connectivity index (χ0v) is 25.8. The summed E-state index contributed by atoms with van der Waals surface area (Å²) in [5.74, 6) is -1.46. The van der Waals surface area contributed by atoms with E-state index in [0.717, 1.165) is 48.6 Å². The van der Waals surface area contributed by atoms with Gasteiger partial charge in [-0.3, -0.25) is 14.5 Å². The number of thiazole rings is 1. The standard InChI is InChI=1S/C33H37ClF2N2O3S/c1-31(2,21-5-4-6-22(34)13-21)15-25(39)16-33(19-38(20-33)24-9-11-32(3,41)12-10-24)17-28(40)30-37-18-29(42-30)26-8-7-23(35)14-27(26)36/h4-8,13-14,18,24,41H,9-12,15-17,19-20H2,1-3H3. The van der Waals surface area contributed by atoms with Crippen LogP contribution in [-0.4, -0.2) is 51.3 Å². The summed E-state index contributed by atoms with van der Waals surface area (Å²) >= 11 is 7.30. The fraction of sp³-hybridized carbons (Fsp3) is 0.485. The first-order valence-corrected chi connectivity index (χ1v) is 15.6. The van der Waals surface area contributed by atoms with Crippen LogP contribution in [0.15, 0.2) is 48.7 Å². The van der Waals surface area contributed by atoms with E-state index in [0.29, 0.717) is 35.5 Å². The molecule has 0 amide bonds. The second-order valence-electron chi connectivity index (χ2n) is 13.2. The second kappa shape index (κ2) is 11.9. The van der Waals surface area contributed by atoms with Crippen molar-refractivity contribution in [2.45, 2.75) is 82.8 Å². The van der Waals surface area contributed by atoms with Gasteiger partial charge in [-0.05, 0) is 67.9 Å². The van der Waals surface area contributed by atoms with Gasteiger partial charge in [-0.25, -0.2) is 13.8 Å². The fourth-order valence-electron chi connectivity index (χ4n) is 6.57. The van der Waals surface area contributed by atoms with Gasteiger partial charge in [0, 0.05) is 66.7 Å². The Morgan fingerprint density at radius 1 is 1.12 bits per heavy atom. The molecule has 2 aliphatic rings. The Morgan fingerprint density at radius 3 is 2.50 bits per heavy atom. The van der Waals surface area contributed by atoms with Crippen LogP contribution in [0, 0.1) is 17.0 Å². The lowest BCUT2D eigenvalue weighted by atomic mass is 9.68. The Balaban J connectivity index is 1.31. The van der Waals surface area contributed by atoms with Gasteiger partial charge in [0.25, 0.3) is 0 Å². The minimum atomic E-state index is -0.705. The Bertz CT molecular complexity index is 1470. The summed E-state index contributed by atoms with van der Waals surface area (Å²) in [6.45, 7) is 7.18. The van der Waals surface area contributed by atoms with Crippen LogP contribution in [-0.2, 0) is 10.2 Å². The van der Waals surface area contributed by atoms with E-state index in [4.69, 9.17) is 11.6 Å². The van der Waals surface area contributed by atoms with E-state index in [9.17, 15) is 23.5 Å². The maximum atomic E-state index is 14.4. The molecule has 0 unspecified atom stereocenters. The third-order valence-corrected chi connectivity index (χ3v) is 10.2. The molecule has 0 radical (unpaired) electrons. The van der Waals surface area contributed by atoms with Gasteiger partial charge < -0.3 is 5.11 Å². The van der Waals surface area contributed by atoms with E-state index in [1.54, 1.807) is 0 Å². The third-order valence-electron chi connectivity index (χ3n) is 8.92. The third kappa shape index (κ3) is 6.99. The van der Waals surface area contributed by atoms with E-state index in [1.165, 1.54) is 18.3 Å². The van der Waals surface area contributed by atoms with Crippen molar-refractivity contribution in [3.63, 3.8) is 0 Å². The van der Waals surface area contributed by atoms with Crippen molar-refractivity contribution in [1.82, 2.24) is 9.88 Å². The summed E-state index contributed by atoms with van der Waals surface area (Å²) in [6, 6.07) is 11.2. The first-order chi connectivity index (χ1) is 19.7. The molecular weight excluding hydrogens is 578 g/mol. The van der Waals surface area contributed by atoms with Crippen molar-refractivity contribution >= 4 is 34.5 Å². The minimum absolute atomic E-state index is 0.0900. The van der Waals surface area contributed by atoms with E-state index < -0.39 is 28.1 Å². The smallest absolute Gasteiger partial charge is 0.192 e. The van der Waals surface area contributed by atoms with Crippen LogP contribution in [0.1, 0.15) is 81.1 Å². The molecule has 2 aromatic carbocycles. The van der Waals surface area contributed by atoms with Crippen molar-refractivity contribution in [2.24, 2.45) is 5.41 Å². The molecule has 1 aromatic heterocycles. The second-order valence-corrected chi connectivity index (χ2v) is 14.6. The molecule has 3 aromatic rings. The van der Waals surface area contributed by atoms with E-state index in [-0.39, 0.29) is 35.0 Å². The summed E-state index contributed by atoms with van der Waals surface area (Å²) in [5.41, 5.74) is -0.394. The lowest BCUT2D eigenvalue weighted by molar-refractivity contribution is -0.128. The largest absolute Gasteiger partial charge is 0.390 e. The SMILES string of the molecule is CC1(O)CCC(N2CC(CC(=O)CC(C)(C)c3cccc(Cl)c3)(CC(=O)c3ncc(-c4ccc(F)cc4F)s3)C2)CC1. The maximum Gasteiger partial charge on any atom is 0.192 e. The highest BCUT2D eigenvalue weighted by Gasteiger charge is 2.49. The van der Waals surface area contributed by atoms with Crippen molar-refractivity contribution in [1.29, 1.82) is 0 Å². The molecule has 1 saturated carbocycles. The van der Waals surface area contributed by atoms with Gasteiger partial charge in [-0.2, -0.15) is 0 Å². The van der Waals surface area contributed by atoms with Gasteiger partial charge in [0.15, 0.2) is 10.8 Å². The highest BCUT2D eigenvalue weighted by atomic mass is 35.5. The van der Waals surface area contributed by atoms with Gasteiger partial charge >= 0.3 is 0 Å². The number of aromatic nitrogens is 1. The Kier molecular flexibility index (Phi) is 8.74. The molecule has 1 N–H and O–H groups in total. The van der Waals surface area contributed by atoms with Crippen LogP contribution in [0.4, 0.5) is 8.78 Å². The Hall–Kier alpha value is -2.52. The molecule has 5 rings (SSSR count). The molecule has 0 bridgehead atoms. The summed E-state index contributed by atoms with van der Waals surface area (Å²) in [7, 11) is 0. The first-order valence-electron chi connectivity index (χ1n) is 14.4. The average Bonchev–Trinajstić information content (AvgIpc) is 3.37. The molecule has 2 fully saturated rings. The number of rotatable bonds is 10. The number of hydrogen-bond donors (Lipinski definition) is 1. The van der Waals surface area contributed by atoms with E-state index in [2.05, 4.69) is 9.88 Å². The Labute approximate surface area is 254 Å². The zero-order valence-electron chi connectivity index (χ0n) is 24.3. The Morgan fingerprint density at radius 2 is 1.83 bits per heavy atom. The highest BCUT2D eigenvalue weighted by Crippen LogP contribution is 2.45. The van der Waals surface area contributed by atoms with Crippen molar-refractivity contribution in [2.75, 3.05) is 13.1 Å². The molecule has 1 saturated heterocycles. The molecule has 224 valence electrons. The molecule has 42 heavy (non-hydrogen) atoms. The molecule has 1 aliphatic carbocycles. The van der Waals surface area contributed by atoms with Gasteiger partial charge in [0.2, 0.25) is 0 Å². The molecular formula is C33H37ClF2N2O3S. The zero-order chi connectivity index (χ0) is 30.3. The fourth-order valence-corrected chi connectivity index (χ4v) is 7.64. The maximum absolute atomic E-state index is 14.4. The molecule has 2 heterocycles. The topological polar surface area (TPSA) is 70.5 Å². The molecule has 9 heteroatoms. The number of hydrogen-bond acceptors (Lipinski definition) is 6. The number of nitrogens with zero attached hydrogens (tertiary/aromatic N) is 2. The number of likely N-dealkylation sites (tertiary alicyclic amines) is 1. The van der Waals surface area contributed by atoms with Gasteiger partial charge in [-0.15, -0.1) is 11.3 Å². The number of ketones is 2. The molecule has 1 aliphatic heterocycles. The van der Waals surface area contributed by atoms with Crippen LogP contribution < -0.4 is 0 Å². The summed E-state index contributed by atoms with van der Waals surface area (Å²) in [4.78, 5) is 34.2. The number of carbonyl (C=O) groups is 2. The number of carbonyl (C=O) groups excluding carboxylic acids is 2. The monoisotopic (exact) mass is 614 g/mol. The summed E-state index contributed by atoms with van der Waals surface area (Å²) in [6.07, 6.45) is 5.42. The number of aliphatic hydroxyl groups is 1. The van der Waals surface area contributed by atoms with Crippen molar-refractivity contribution in [3.8, 4) is 10.4 Å². The predicted molar refractivity (Wildman–Crippen MR) is 162 cm³/mol. The molecule has 0 spiro atoms. The molecule has 5 nitrogen and oxygen atoms in total. The van der Waals surface area contributed by atoms with Crippen molar-refractivity contribution < 1.29 is 23.5 Å². The number of halogens is 3. The van der Waals surface area contributed by atoms with Gasteiger partial charge in [0.1, 0.15) is 17.4 Å². The molecule has 0 atom stereocenters. The van der Waals surface area contributed by atoms with Crippen molar-refractivity contribution in [3.05, 3.63) is 75.9 Å². The van der Waals surface area contributed by atoms with Crippen LogP contribution in [0.3, 0.4) is 0 Å². The van der Waals surface area contributed by atoms with Gasteiger partial charge in [0.05, 0.1) is 10.5 Å². The van der Waals surface area contributed by atoms with E-state index in [1.807, 2.05) is 45.0 Å². The normalized spacial score (nSPS) is 22.5. The minimum Gasteiger partial charge on any atom is -0.390 e. The van der Waals surface area contributed by atoms with E-state index >= 15 is 0 Å². The number of benzene rings is 2. The lowest BCUT2D eigenvalue weighted by Gasteiger charge is -2.54. The number of Topliss-reactive ketones (excluding diaryl/α,β-unsaturated/α-hetero) is 2. The lowest BCUT2D eigenvalue weighted by Crippen LogP contribution is -2.62. The quantitative estimate of drug-likeness (QED) is 0.238. The van der Waals surface area contributed by atoms with Crippen LogP contribution in [0.2, 0.25) is 5.02 Å². The highest BCUT2D eigenvalue weighted by molar-refractivity contribution is 7.17. The summed E-state index contributed by atoms with van der Waals surface area (Å²) < 4.78 is 27.8. The van der Waals surface area contributed by atoms with Crippen LogP contribution in [0.25, 0.3) is 10.4 Å². The average molecular weight is 615 g/mol. The van der Waals surface area contributed by atoms with Crippen LogP contribution in [0.5, 0.6) is 0 Å². The summed E-state index contributed by atoms with van der Waals surface area (Å²) in [5, 5.41) is 11.3. The first kappa shape index (κ1) is 30.9. The predicted octanol–water partition coefficient (Wildman–Crippen LogP) is 7.64. The van der Waals surface area contributed by atoms with Gasteiger partial charge in [-0.1, -0.05) is 37.6 Å². The van der Waals surface area contributed by atoms with Crippen LogP contribution >= 0.6 is 22.9 Å².